The number of ether oxygens (including phenoxy) is 1. The molecule has 21 heavy (non-hydrogen) atoms. The smallest absolute Gasteiger partial charge is 0.213 e. The maximum Gasteiger partial charge on any atom is 0.213 e. The fraction of sp³-hybridized carbons (Fsp3) is 0.176. The summed E-state index contributed by atoms with van der Waals surface area (Å²) in [5, 5.41) is 11.1. The zero-order valence-electron chi connectivity index (χ0n) is 11.9. The van der Waals surface area contributed by atoms with Crippen LogP contribution in [0.2, 0.25) is 0 Å². The van der Waals surface area contributed by atoms with Crippen LogP contribution in [0, 0.1) is 11.3 Å². The summed E-state index contributed by atoms with van der Waals surface area (Å²) in [4.78, 5) is 12.8. The fourth-order valence-corrected chi connectivity index (χ4v) is 2.48. The zero-order valence-corrected chi connectivity index (χ0v) is 12.7. The lowest BCUT2D eigenvalue weighted by Gasteiger charge is -2.12. The molecule has 0 radical (unpaired) electrons. The van der Waals surface area contributed by atoms with Crippen molar-refractivity contribution in [2.24, 2.45) is 0 Å². The van der Waals surface area contributed by atoms with Gasteiger partial charge in [-0.05, 0) is 37.4 Å². The Kier molecular flexibility index (Phi) is 4.91. The largest absolute Gasteiger partial charge is 0.490 e. The van der Waals surface area contributed by atoms with Gasteiger partial charge in [0.25, 0.3) is 0 Å². The normalized spacial score (nSPS) is 11.2. The zero-order chi connectivity index (χ0) is 15.2. The Hall–Kier alpha value is -2.38. The molecule has 2 aromatic rings. The summed E-state index contributed by atoms with van der Waals surface area (Å²) >= 11 is 1.33. The van der Waals surface area contributed by atoms with Crippen molar-refractivity contribution >= 4 is 23.2 Å². The molecule has 0 unspecified atom stereocenters. The number of rotatable bonds is 5. The number of benzene rings is 1. The Morgan fingerprint density at radius 3 is 2.67 bits per heavy atom. The maximum absolute atomic E-state index is 12.3. The number of para-hydroxylation sites is 1. The van der Waals surface area contributed by atoms with Crippen LogP contribution in [0.5, 0.6) is 5.75 Å². The molecule has 0 atom stereocenters. The molecular formula is C17H15NO2S. The lowest BCUT2D eigenvalue weighted by atomic mass is 10.1. The minimum absolute atomic E-state index is 0.0260. The molecule has 0 aliphatic rings. The first-order chi connectivity index (χ1) is 10.1. The standard InChI is InChI=1S/C17H15NO2S/c1-12(2)20-15-7-4-3-6-13(15)10-14(11-18)17(19)16-8-5-9-21-16/h3-10,12H,1-2H3/b14-10+. The summed E-state index contributed by atoms with van der Waals surface area (Å²) in [5.74, 6) is 0.408. The molecular weight excluding hydrogens is 282 g/mol. The van der Waals surface area contributed by atoms with Crippen LogP contribution in [-0.2, 0) is 0 Å². The predicted molar refractivity (Wildman–Crippen MR) is 84.4 cm³/mol. The van der Waals surface area contributed by atoms with E-state index in [2.05, 4.69) is 0 Å². The number of nitrogens with zero attached hydrogens (tertiary/aromatic N) is 1. The van der Waals surface area contributed by atoms with Gasteiger partial charge in [-0.25, -0.2) is 0 Å². The van der Waals surface area contributed by atoms with Gasteiger partial charge in [-0.1, -0.05) is 24.3 Å². The summed E-state index contributed by atoms with van der Waals surface area (Å²) in [6, 6.07) is 12.9. The highest BCUT2D eigenvalue weighted by Crippen LogP contribution is 2.24. The van der Waals surface area contributed by atoms with E-state index in [1.165, 1.54) is 11.3 Å². The molecule has 2 rings (SSSR count). The maximum atomic E-state index is 12.3. The Morgan fingerprint density at radius 1 is 1.29 bits per heavy atom. The van der Waals surface area contributed by atoms with Crippen molar-refractivity contribution < 1.29 is 9.53 Å². The van der Waals surface area contributed by atoms with Gasteiger partial charge in [-0.3, -0.25) is 4.79 Å². The monoisotopic (exact) mass is 297 g/mol. The third kappa shape index (κ3) is 3.80. The first-order valence-corrected chi connectivity index (χ1v) is 7.45. The molecule has 0 N–H and O–H groups in total. The number of Topliss-reactive ketones (excluding diaryl/α,β-unsaturated/α-hetero) is 1. The summed E-state index contributed by atoms with van der Waals surface area (Å²) in [5.41, 5.74) is 0.838. The molecule has 1 aromatic heterocycles. The van der Waals surface area contributed by atoms with Crippen LogP contribution in [0.1, 0.15) is 29.1 Å². The lowest BCUT2D eigenvalue weighted by Crippen LogP contribution is -2.07. The topological polar surface area (TPSA) is 50.1 Å². The van der Waals surface area contributed by atoms with E-state index in [4.69, 9.17) is 4.74 Å². The SMILES string of the molecule is CC(C)Oc1ccccc1/C=C(\C#N)C(=O)c1cccs1. The molecule has 4 heteroatoms. The van der Waals surface area contributed by atoms with Crippen LogP contribution in [-0.4, -0.2) is 11.9 Å². The van der Waals surface area contributed by atoms with E-state index >= 15 is 0 Å². The first kappa shape index (κ1) is 15.0. The number of nitriles is 1. The van der Waals surface area contributed by atoms with E-state index in [9.17, 15) is 10.1 Å². The highest BCUT2D eigenvalue weighted by Gasteiger charge is 2.14. The summed E-state index contributed by atoms with van der Waals surface area (Å²) < 4.78 is 5.70. The third-order valence-electron chi connectivity index (χ3n) is 2.69. The van der Waals surface area contributed by atoms with E-state index in [0.29, 0.717) is 10.6 Å². The minimum atomic E-state index is -0.258. The lowest BCUT2D eigenvalue weighted by molar-refractivity contribution is 0.104. The van der Waals surface area contributed by atoms with Crippen molar-refractivity contribution in [2.75, 3.05) is 0 Å². The molecule has 0 fully saturated rings. The molecule has 0 saturated carbocycles. The second-order valence-electron chi connectivity index (χ2n) is 4.68. The minimum Gasteiger partial charge on any atom is -0.490 e. The Balaban J connectivity index is 2.37. The number of allylic oxidation sites excluding steroid dienone is 1. The van der Waals surface area contributed by atoms with Gasteiger partial charge < -0.3 is 4.74 Å². The second-order valence-corrected chi connectivity index (χ2v) is 5.63. The summed E-state index contributed by atoms with van der Waals surface area (Å²) in [6.07, 6.45) is 1.61. The Labute approximate surface area is 128 Å². The van der Waals surface area contributed by atoms with E-state index in [1.807, 2.05) is 49.6 Å². The molecule has 1 aromatic carbocycles. The number of thiophene rings is 1. The number of carbonyl (C=O) groups excluding carboxylic acids is 1. The highest BCUT2D eigenvalue weighted by atomic mass is 32.1. The van der Waals surface area contributed by atoms with Crippen LogP contribution < -0.4 is 4.74 Å². The molecule has 0 spiro atoms. The number of carbonyl (C=O) groups is 1. The van der Waals surface area contributed by atoms with Crippen molar-refractivity contribution in [1.82, 2.24) is 0 Å². The van der Waals surface area contributed by atoms with Crippen LogP contribution in [0.15, 0.2) is 47.4 Å². The molecule has 0 amide bonds. The van der Waals surface area contributed by atoms with Gasteiger partial charge in [0.05, 0.1) is 11.0 Å². The van der Waals surface area contributed by atoms with Crippen molar-refractivity contribution in [1.29, 1.82) is 5.26 Å². The van der Waals surface area contributed by atoms with Crippen molar-refractivity contribution in [2.45, 2.75) is 20.0 Å². The summed E-state index contributed by atoms with van der Waals surface area (Å²) in [6.45, 7) is 3.87. The van der Waals surface area contributed by atoms with Gasteiger partial charge in [0.2, 0.25) is 5.78 Å². The highest BCUT2D eigenvalue weighted by molar-refractivity contribution is 7.12. The van der Waals surface area contributed by atoms with E-state index in [-0.39, 0.29) is 17.5 Å². The average molecular weight is 297 g/mol. The summed E-state index contributed by atoms with van der Waals surface area (Å²) in [7, 11) is 0. The number of ketones is 1. The van der Waals surface area contributed by atoms with Crippen molar-refractivity contribution in [3.8, 4) is 11.8 Å². The van der Waals surface area contributed by atoms with Crippen LogP contribution in [0.4, 0.5) is 0 Å². The molecule has 3 nitrogen and oxygen atoms in total. The van der Waals surface area contributed by atoms with Gasteiger partial charge in [-0.2, -0.15) is 5.26 Å². The van der Waals surface area contributed by atoms with Crippen LogP contribution >= 0.6 is 11.3 Å². The Morgan fingerprint density at radius 2 is 2.05 bits per heavy atom. The Bertz CT molecular complexity index is 694. The number of hydrogen-bond donors (Lipinski definition) is 0. The second kappa shape index (κ2) is 6.87. The van der Waals surface area contributed by atoms with Gasteiger partial charge in [0, 0.05) is 5.56 Å². The molecule has 0 bridgehead atoms. The van der Waals surface area contributed by atoms with Crippen LogP contribution in [0.25, 0.3) is 6.08 Å². The van der Waals surface area contributed by atoms with Crippen molar-refractivity contribution in [3.05, 3.63) is 57.8 Å². The predicted octanol–water partition coefficient (Wildman–Crippen LogP) is 4.33. The number of hydrogen-bond acceptors (Lipinski definition) is 4. The van der Waals surface area contributed by atoms with Gasteiger partial charge in [0.1, 0.15) is 17.4 Å². The van der Waals surface area contributed by atoms with Gasteiger partial charge in [-0.15, -0.1) is 11.3 Å². The molecule has 0 aliphatic heterocycles. The molecule has 0 aliphatic carbocycles. The third-order valence-corrected chi connectivity index (χ3v) is 3.56. The average Bonchev–Trinajstić information content (AvgIpc) is 2.99. The van der Waals surface area contributed by atoms with Gasteiger partial charge >= 0.3 is 0 Å². The van der Waals surface area contributed by atoms with E-state index < -0.39 is 0 Å². The van der Waals surface area contributed by atoms with E-state index in [1.54, 1.807) is 18.2 Å². The van der Waals surface area contributed by atoms with E-state index in [0.717, 1.165) is 5.56 Å². The first-order valence-electron chi connectivity index (χ1n) is 6.57. The van der Waals surface area contributed by atoms with Crippen LogP contribution in [0.3, 0.4) is 0 Å². The quantitative estimate of drug-likeness (QED) is 0.469. The molecule has 0 saturated heterocycles. The molecule has 1 heterocycles. The van der Waals surface area contributed by atoms with Gasteiger partial charge in [0.15, 0.2) is 0 Å². The fourth-order valence-electron chi connectivity index (χ4n) is 1.81. The van der Waals surface area contributed by atoms with Crippen molar-refractivity contribution in [3.63, 3.8) is 0 Å². The molecule has 106 valence electrons.